The maximum absolute atomic E-state index is 12.3. The summed E-state index contributed by atoms with van der Waals surface area (Å²) >= 11 is 0. The fraction of sp³-hybridized carbons (Fsp3) is 0.833. The van der Waals surface area contributed by atoms with Gasteiger partial charge in [0, 0.05) is 13.1 Å². The number of nitrogens with one attached hydrogen (secondary N) is 1. The van der Waals surface area contributed by atoms with Gasteiger partial charge in [-0.05, 0) is 53.9 Å². The molecule has 0 saturated carbocycles. The third kappa shape index (κ3) is 6.72. The van der Waals surface area contributed by atoms with E-state index in [2.05, 4.69) is 5.32 Å². The Kier molecular flexibility index (Phi) is 6.54. The summed E-state index contributed by atoms with van der Waals surface area (Å²) in [5.74, 6) is -1.30. The van der Waals surface area contributed by atoms with E-state index >= 15 is 0 Å². The number of carbonyl (C=O) groups is 3. The van der Waals surface area contributed by atoms with E-state index in [0.29, 0.717) is 13.0 Å². The van der Waals surface area contributed by atoms with Crippen LogP contribution in [0.5, 0.6) is 0 Å². The van der Waals surface area contributed by atoms with Gasteiger partial charge in [0.2, 0.25) is 0 Å². The summed E-state index contributed by atoms with van der Waals surface area (Å²) in [5, 5.41) is 12.1. The van der Waals surface area contributed by atoms with E-state index in [1.807, 2.05) is 6.92 Å². The lowest BCUT2D eigenvalue weighted by Gasteiger charge is -2.46. The van der Waals surface area contributed by atoms with Gasteiger partial charge in [-0.25, -0.2) is 9.59 Å². The number of piperidine rings is 1. The number of carboxylic acids is 1. The highest BCUT2D eigenvalue weighted by atomic mass is 16.6. The average Bonchev–Trinajstić information content (AvgIpc) is 2.36. The molecule has 1 aliphatic heterocycles. The minimum absolute atomic E-state index is 0.241. The van der Waals surface area contributed by atoms with Crippen molar-refractivity contribution in [3.8, 4) is 0 Å². The van der Waals surface area contributed by atoms with Crippen LogP contribution in [-0.2, 0) is 14.3 Å². The highest BCUT2D eigenvalue weighted by molar-refractivity contribution is 5.74. The van der Waals surface area contributed by atoms with Crippen molar-refractivity contribution in [1.29, 1.82) is 0 Å². The zero-order valence-corrected chi connectivity index (χ0v) is 16.8. The summed E-state index contributed by atoms with van der Waals surface area (Å²) in [6.45, 7) is 13.0. The molecule has 2 atom stereocenters. The lowest BCUT2D eigenvalue weighted by molar-refractivity contribution is -0.139. The largest absolute Gasteiger partial charge is 0.481 e. The Morgan fingerprint density at radius 3 is 2.08 bits per heavy atom. The van der Waals surface area contributed by atoms with Crippen LogP contribution in [0.25, 0.3) is 0 Å². The fourth-order valence-electron chi connectivity index (χ4n) is 2.94. The molecular weight excluding hydrogens is 340 g/mol. The van der Waals surface area contributed by atoms with Crippen molar-refractivity contribution in [2.45, 2.75) is 78.0 Å². The van der Waals surface area contributed by atoms with E-state index in [1.54, 1.807) is 46.4 Å². The SMILES string of the molecule is CC1CN(C(=O)OC(C)(C)C)CCC1(CC(=O)O)NC(=O)OC(C)(C)C. The van der Waals surface area contributed by atoms with Crippen LogP contribution in [0.15, 0.2) is 0 Å². The van der Waals surface area contributed by atoms with E-state index < -0.39 is 34.9 Å². The van der Waals surface area contributed by atoms with Crippen molar-refractivity contribution in [2.24, 2.45) is 5.92 Å². The number of carboxylic acid groups (broad SMARTS) is 1. The Morgan fingerprint density at radius 2 is 1.65 bits per heavy atom. The first kappa shape index (κ1) is 22.1. The Morgan fingerprint density at radius 1 is 1.12 bits per heavy atom. The number of rotatable bonds is 3. The molecule has 0 spiro atoms. The molecule has 1 saturated heterocycles. The van der Waals surface area contributed by atoms with Gasteiger partial charge in [-0.2, -0.15) is 0 Å². The molecule has 1 rings (SSSR count). The molecule has 0 radical (unpaired) electrons. The van der Waals surface area contributed by atoms with Gasteiger partial charge in [0.25, 0.3) is 0 Å². The molecular formula is C18H32N2O6. The third-order valence-electron chi connectivity index (χ3n) is 4.13. The number of hydrogen-bond acceptors (Lipinski definition) is 5. The van der Waals surface area contributed by atoms with Crippen molar-refractivity contribution >= 4 is 18.2 Å². The van der Waals surface area contributed by atoms with Crippen LogP contribution in [-0.4, -0.2) is 58.0 Å². The first-order valence-electron chi connectivity index (χ1n) is 8.84. The summed E-state index contributed by atoms with van der Waals surface area (Å²) in [7, 11) is 0. The maximum atomic E-state index is 12.3. The second-order valence-electron chi connectivity index (χ2n) is 8.93. The highest BCUT2D eigenvalue weighted by Gasteiger charge is 2.45. The first-order chi connectivity index (χ1) is 11.6. The monoisotopic (exact) mass is 372 g/mol. The number of hydrogen-bond donors (Lipinski definition) is 2. The molecule has 8 nitrogen and oxygen atoms in total. The number of nitrogens with zero attached hydrogens (tertiary/aromatic N) is 1. The second kappa shape index (κ2) is 7.72. The number of aliphatic carboxylic acids is 1. The topological polar surface area (TPSA) is 105 Å². The highest BCUT2D eigenvalue weighted by Crippen LogP contribution is 2.32. The molecule has 1 aliphatic rings. The molecule has 0 aromatic rings. The van der Waals surface area contributed by atoms with Crippen molar-refractivity contribution in [1.82, 2.24) is 10.2 Å². The van der Waals surface area contributed by atoms with Crippen molar-refractivity contribution in [3.05, 3.63) is 0 Å². The van der Waals surface area contributed by atoms with Gasteiger partial charge in [0.1, 0.15) is 11.2 Å². The molecule has 0 aliphatic carbocycles. The van der Waals surface area contributed by atoms with Crippen molar-refractivity contribution in [3.63, 3.8) is 0 Å². The van der Waals surface area contributed by atoms with Gasteiger partial charge >= 0.3 is 18.2 Å². The molecule has 150 valence electrons. The second-order valence-corrected chi connectivity index (χ2v) is 8.93. The Balaban J connectivity index is 2.89. The van der Waals surface area contributed by atoms with Crippen LogP contribution in [0.4, 0.5) is 9.59 Å². The minimum Gasteiger partial charge on any atom is -0.481 e. The zero-order valence-electron chi connectivity index (χ0n) is 16.8. The predicted molar refractivity (Wildman–Crippen MR) is 95.9 cm³/mol. The van der Waals surface area contributed by atoms with Crippen LogP contribution >= 0.6 is 0 Å². The Bertz CT molecular complexity index is 549. The number of carbonyl (C=O) groups excluding carboxylic acids is 2. The predicted octanol–water partition coefficient (Wildman–Crippen LogP) is 3.00. The Hall–Kier alpha value is -1.99. The molecule has 2 amide bonds. The van der Waals surface area contributed by atoms with Crippen LogP contribution in [0.3, 0.4) is 0 Å². The van der Waals surface area contributed by atoms with E-state index in [-0.39, 0.29) is 18.9 Å². The zero-order chi connectivity index (χ0) is 20.3. The molecule has 0 bridgehead atoms. The first-order valence-corrected chi connectivity index (χ1v) is 8.84. The normalized spacial score (nSPS) is 24.0. The lowest BCUT2D eigenvalue weighted by atomic mass is 9.76. The van der Waals surface area contributed by atoms with Crippen molar-refractivity contribution < 1.29 is 29.0 Å². The van der Waals surface area contributed by atoms with Crippen molar-refractivity contribution in [2.75, 3.05) is 13.1 Å². The molecule has 0 aromatic carbocycles. The fourth-order valence-corrected chi connectivity index (χ4v) is 2.94. The molecule has 1 fully saturated rings. The standard InChI is InChI=1S/C18H32N2O6/c1-12-11-20(15(24)26-17(5,6)7)9-8-18(12,10-13(21)22)19-14(23)25-16(2,3)4/h12H,8-11H2,1-7H3,(H,19,23)(H,21,22). The van der Waals surface area contributed by atoms with E-state index in [0.717, 1.165) is 0 Å². The summed E-state index contributed by atoms with van der Waals surface area (Å²) in [4.78, 5) is 37.4. The molecule has 8 heteroatoms. The van der Waals surface area contributed by atoms with Crippen LogP contribution < -0.4 is 5.32 Å². The number of likely N-dealkylation sites (tertiary alicyclic amines) is 1. The van der Waals surface area contributed by atoms with E-state index in [4.69, 9.17) is 9.47 Å². The minimum atomic E-state index is -1.02. The van der Waals surface area contributed by atoms with Crippen LogP contribution in [0.1, 0.15) is 61.3 Å². The molecule has 0 aromatic heterocycles. The van der Waals surface area contributed by atoms with Gasteiger partial charge in [0.15, 0.2) is 0 Å². The van der Waals surface area contributed by atoms with Crippen LogP contribution in [0, 0.1) is 5.92 Å². The molecule has 26 heavy (non-hydrogen) atoms. The maximum Gasteiger partial charge on any atom is 0.410 e. The number of amides is 2. The summed E-state index contributed by atoms with van der Waals surface area (Å²) < 4.78 is 10.7. The third-order valence-corrected chi connectivity index (χ3v) is 4.13. The summed E-state index contributed by atoms with van der Waals surface area (Å²) in [6.07, 6.45) is -1.03. The number of alkyl carbamates (subject to hydrolysis) is 1. The lowest BCUT2D eigenvalue weighted by Crippen LogP contribution is -2.62. The van der Waals surface area contributed by atoms with Gasteiger partial charge in [-0.1, -0.05) is 6.92 Å². The Labute approximate surface area is 155 Å². The number of ether oxygens (including phenoxy) is 2. The van der Waals surface area contributed by atoms with Crippen LogP contribution in [0.2, 0.25) is 0 Å². The van der Waals surface area contributed by atoms with Gasteiger partial charge < -0.3 is 24.8 Å². The van der Waals surface area contributed by atoms with Gasteiger partial charge in [-0.15, -0.1) is 0 Å². The molecule has 2 unspecified atom stereocenters. The average molecular weight is 372 g/mol. The summed E-state index contributed by atoms with van der Waals surface area (Å²) in [6, 6.07) is 0. The molecule has 2 N–H and O–H groups in total. The summed E-state index contributed by atoms with van der Waals surface area (Å²) in [5.41, 5.74) is -2.27. The van der Waals surface area contributed by atoms with Gasteiger partial charge in [-0.3, -0.25) is 4.79 Å². The van der Waals surface area contributed by atoms with E-state index in [9.17, 15) is 19.5 Å². The molecule has 1 heterocycles. The van der Waals surface area contributed by atoms with Gasteiger partial charge in [0.05, 0.1) is 12.0 Å². The smallest absolute Gasteiger partial charge is 0.410 e. The van der Waals surface area contributed by atoms with E-state index in [1.165, 1.54) is 0 Å². The quantitative estimate of drug-likeness (QED) is 0.789.